The fraction of sp³-hybridized carbons (Fsp3) is 0.556. The van der Waals surface area contributed by atoms with E-state index in [1.165, 1.54) is 6.07 Å². The Morgan fingerprint density at radius 3 is 2.58 bits per heavy atom. The van der Waals surface area contributed by atoms with E-state index in [9.17, 15) is 14.7 Å². The van der Waals surface area contributed by atoms with E-state index in [-0.39, 0.29) is 24.0 Å². The van der Waals surface area contributed by atoms with Gasteiger partial charge in [0.15, 0.2) is 0 Å². The van der Waals surface area contributed by atoms with Crippen LogP contribution in [0.15, 0.2) is 24.3 Å². The first-order valence-electron chi connectivity index (χ1n) is 8.31. The molecule has 0 bridgehead atoms. The van der Waals surface area contributed by atoms with Crippen molar-refractivity contribution in [3.05, 3.63) is 35.4 Å². The molecule has 0 aromatic heterocycles. The van der Waals surface area contributed by atoms with Gasteiger partial charge in [-0.05, 0) is 30.9 Å². The lowest BCUT2D eigenvalue weighted by molar-refractivity contribution is -0.133. The molecule has 1 aromatic carbocycles. The molecule has 1 N–H and O–H groups in total. The fourth-order valence-electron chi connectivity index (χ4n) is 2.88. The van der Waals surface area contributed by atoms with E-state index >= 15 is 0 Å². The topological polar surface area (TPSA) is 76.1 Å². The highest BCUT2D eigenvalue weighted by molar-refractivity contribution is 5.91. The van der Waals surface area contributed by atoms with E-state index in [2.05, 4.69) is 0 Å². The zero-order valence-electron chi connectivity index (χ0n) is 14.1. The second kappa shape index (κ2) is 9.39. The molecule has 1 amide bonds. The van der Waals surface area contributed by atoms with Gasteiger partial charge in [0.25, 0.3) is 0 Å². The highest BCUT2D eigenvalue weighted by Crippen LogP contribution is 2.17. The molecule has 1 fully saturated rings. The molecule has 0 spiro atoms. The first-order chi connectivity index (χ1) is 11.6. The number of carbonyl (C=O) groups is 2. The third-order valence-electron chi connectivity index (χ3n) is 4.23. The molecule has 0 aliphatic carbocycles. The molecule has 0 saturated carbocycles. The Morgan fingerprint density at radius 2 is 1.92 bits per heavy atom. The normalized spacial score (nSPS) is 15.5. The Hall–Kier alpha value is -1.92. The van der Waals surface area contributed by atoms with Gasteiger partial charge >= 0.3 is 5.97 Å². The Kier molecular flexibility index (Phi) is 7.21. The molecule has 1 aromatic rings. The van der Waals surface area contributed by atoms with Crippen LogP contribution in [-0.4, -0.2) is 61.4 Å². The largest absolute Gasteiger partial charge is 0.478 e. The fourth-order valence-corrected chi connectivity index (χ4v) is 2.88. The lowest BCUT2D eigenvalue weighted by Gasteiger charge is -2.32. The molecule has 2 rings (SSSR count). The van der Waals surface area contributed by atoms with Crippen molar-refractivity contribution >= 4 is 11.9 Å². The number of piperidine rings is 1. The van der Waals surface area contributed by atoms with E-state index in [1.807, 2.05) is 0 Å². The third-order valence-corrected chi connectivity index (χ3v) is 4.23. The number of carboxylic acids is 1. The molecule has 6 heteroatoms. The molecule has 1 aliphatic rings. The second-order valence-corrected chi connectivity index (χ2v) is 5.94. The standard InChI is InChI=1S/C18H25NO5/c1-23-11-4-12-24-15-7-9-19(10-8-15)17(20)13-14-5-2-3-6-16(14)18(21)22/h2-3,5-6,15H,4,7-13H2,1H3,(H,21,22). The predicted molar refractivity (Wildman–Crippen MR) is 89.2 cm³/mol. The van der Waals surface area contributed by atoms with Crippen LogP contribution in [0.3, 0.4) is 0 Å². The van der Waals surface area contributed by atoms with Crippen LogP contribution in [0.2, 0.25) is 0 Å². The van der Waals surface area contributed by atoms with Crippen LogP contribution in [0.25, 0.3) is 0 Å². The highest BCUT2D eigenvalue weighted by atomic mass is 16.5. The number of nitrogens with zero attached hydrogens (tertiary/aromatic N) is 1. The minimum Gasteiger partial charge on any atom is -0.478 e. The average Bonchev–Trinajstić information content (AvgIpc) is 2.59. The van der Waals surface area contributed by atoms with Crippen LogP contribution in [0, 0.1) is 0 Å². The maximum atomic E-state index is 12.4. The summed E-state index contributed by atoms with van der Waals surface area (Å²) in [6.45, 7) is 2.69. The van der Waals surface area contributed by atoms with Gasteiger partial charge in [0.05, 0.1) is 18.1 Å². The molecule has 0 unspecified atom stereocenters. The molecule has 1 saturated heterocycles. The van der Waals surface area contributed by atoms with Crippen LogP contribution in [0.1, 0.15) is 35.2 Å². The van der Waals surface area contributed by atoms with Crippen LogP contribution < -0.4 is 0 Å². The van der Waals surface area contributed by atoms with Crippen molar-refractivity contribution in [2.45, 2.75) is 31.8 Å². The van der Waals surface area contributed by atoms with Crippen molar-refractivity contribution in [2.75, 3.05) is 33.4 Å². The average molecular weight is 335 g/mol. The summed E-state index contributed by atoms with van der Waals surface area (Å²) in [6, 6.07) is 6.66. The van der Waals surface area contributed by atoms with E-state index in [1.54, 1.807) is 30.2 Å². The lowest BCUT2D eigenvalue weighted by atomic mass is 10.0. The third kappa shape index (κ3) is 5.32. The lowest BCUT2D eigenvalue weighted by Crippen LogP contribution is -2.41. The van der Waals surface area contributed by atoms with Crippen LogP contribution in [0.5, 0.6) is 0 Å². The number of hydrogen-bond acceptors (Lipinski definition) is 4. The number of aromatic carboxylic acids is 1. The Morgan fingerprint density at radius 1 is 1.21 bits per heavy atom. The molecule has 1 heterocycles. The van der Waals surface area contributed by atoms with Gasteiger partial charge < -0.3 is 19.5 Å². The zero-order chi connectivity index (χ0) is 17.4. The van der Waals surface area contributed by atoms with Gasteiger partial charge in [-0.1, -0.05) is 18.2 Å². The van der Waals surface area contributed by atoms with E-state index in [4.69, 9.17) is 9.47 Å². The summed E-state index contributed by atoms with van der Waals surface area (Å²) in [5, 5.41) is 9.19. The summed E-state index contributed by atoms with van der Waals surface area (Å²) in [6.07, 6.45) is 2.83. The van der Waals surface area contributed by atoms with Gasteiger partial charge in [-0.25, -0.2) is 4.79 Å². The van der Waals surface area contributed by atoms with Gasteiger partial charge in [0.1, 0.15) is 0 Å². The van der Waals surface area contributed by atoms with Gasteiger partial charge in [0.2, 0.25) is 5.91 Å². The summed E-state index contributed by atoms with van der Waals surface area (Å²) >= 11 is 0. The maximum Gasteiger partial charge on any atom is 0.335 e. The number of rotatable bonds is 8. The summed E-state index contributed by atoms with van der Waals surface area (Å²) in [5.41, 5.74) is 0.759. The first kappa shape index (κ1) is 18.4. The highest BCUT2D eigenvalue weighted by Gasteiger charge is 2.24. The quantitative estimate of drug-likeness (QED) is 0.735. The van der Waals surface area contributed by atoms with E-state index in [0.29, 0.717) is 31.9 Å². The molecular formula is C18H25NO5. The first-order valence-corrected chi connectivity index (χ1v) is 8.31. The van der Waals surface area contributed by atoms with Crippen molar-refractivity contribution in [1.29, 1.82) is 0 Å². The van der Waals surface area contributed by atoms with Gasteiger partial charge in [0, 0.05) is 33.4 Å². The summed E-state index contributed by atoms with van der Waals surface area (Å²) in [4.78, 5) is 25.4. The number of amides is 1. The number of hydrogen-bond donors (Lipinski definition) is 1. The summed E-state index contributed by atoms with van der Waals surface area (Å²) in [7, 11) is 1.67. The smallest absolute Gasteiger partial charge is 0.335 e. The molecule has 6 nitrogen and oxygen atoms in total. The van der Waals surface area contributed by atoms with Crippen molar-refractivity contribution in [2.24, 2.45) is 0 Å². The minimum absolute atomic E-state index is 0.0264. The van der Waals surface area contributed by atoms with Gasteiger partial charge in [-0.3, -0.25) is 4.79 Å². The van der Waals surface area contributed by atoms with E-state index < -0.39 is 5.97 Å². The molecule has 24 heavy (non-hydrogen) atoms. The predicted octanol–water partition coefficient (Wildman–Crippen LogP) is 1.97. The molecular weight excluding hydrogens is 310 g/mol. The van der Waals surface area contributed by atoms with Crippen molar-refractivity contribution < 1.29 is 24.2 Å². The van der Waals surface area contributed by atoms with Gasteiger partial charge in [-0.2, -0.15) is 0 Å². The second-order valence-electron chi connectivity index (χ2n) is 5.94. The zero-order valence-corrected chi connectivity index (χ0v) is 14.1. The molecule has 0 atom stereocenters. The summed E-state index contributed by atoms with van der Waals surface area (Å²) < 4.78 is 10.8. The number of carboxylic acid groups (broad SMARTS) is 1. The van der Waals surface area contributed by atoms with Gasteiger partial charge in [-0.15, -0.1) is 0 Å². The maximum absolute atomic E-state index is 12.4. The molecule has 1 aliphatic heterocycles. The van der Waals surface area contributed by atoms with Crippen LogP contribution in [0.4, 0.5) is 0 Å². The van der Waals surface area contributed by atoms with Crippen LogP contribution in [-0.2, 0) is 20.7 Å². The number of ether oxygens (including phenoxy) is 2. The Balaban J connectivity index is 1.80. The number of methoxy groups -OCH3 is 1. The SMILES string of the molecule is COCCCOC1CCN(C(=O)Cc2ccccc2C(=O)O)CC1. The number of carbonyl (C=O) groups excluding carboxylic acids is 1. The minimum atomic E-state index is -0.999. The monoisotopic (exact) mass is 335 g/mol. The van der Waals surface area contributed by atoms with Crippen molar-refractivity contribution in [3.8, 4) is 0 Å². The van der Waals surface area contributed by atoms with Crippen molar-refractivity contribution in [3.63, 3.8) is 0 Å². The van der Waals surface area contributed by atoms with Crippen LogP contribution >= 0.6 is 0 Å². The number of likely N-dealkylation sites (tertiary alicyclic amines) is 1. The Labute approximate surface area is 142 Å². The molecule has 0 radical (unpaired) electrons. The van der Waals surface area contributed by atoms with E-state index in [0.717, 1.165) is 19.3 Å². The molecule has 132 valence electrons. The number of benzene rings is 1. The van der Waals surface area contributed by atoms with Crippen molar-refractivity contribution in [1.82, 2.24) is 4.90 Å². The Bertz CT molecular complexity index is 552. The summed E-state index contributed by atoms with van der Waals surface area (Å²) in [5.74, 6) is -1.02.